The number of benzene rings is 2. The Bertz CT molecular complexity index is 1120. The highest BCUT2D eigenvalue weighted by molar-refractivity contribution is 5.94. The molecule has 0 bridgehead atoms. The Morgan fingerprint density at radius 1 is 1.09 bits per heavy atom. The molecule has 0 aliphatic carbocycles. The molecule has 0 radical (unpaired) electrons. The van der Waals surface area contributed by atoms with Gasteiger partial charge in [-0.05, 0) is 62.2 Å². The van der Waals surface area contributed by atoms with Crippen LogP contribution in [0.4, 0.5) is 4.39 Å². The molecule has 1 aliphatic rings. The van der Waals surface area contributed by atoms with Crippen LogP contribution in [0.15, 0.2) is 40.9 Å². The summed E-state index contributed by atoms with van der Waals surface area (Å²) in [5, 5.41) is 4.07. The van der Waals surface area contributed by atoms with Crippen LogP contribution in [0.25, 0.3) is 11.4 Å². The number of halogens is 1. The molecule has 1 aromatic heterocycles. The topological polar surface area (TPSA) is 71.7 Å². The fourth-order valence-electron chi connectivity index (χ4n) is 3.91. The van der Waals surface area contributed by atoms with E-state index in [1.54, 1.807) is 32.2 Å². The average molecular weight is 439 g/mol. The highest BCUT2D eigenvalue weighted by Crippen LogP contribution is 2.25. The number of aromatic nitrogens is 2. The van der Waals surface area contributed by atoms with Gasteiger partial charge in [0.1, 0.15) is 11.6 Å². The Morgan fingerprint density at radius 2 is 1.84 bits per heavy atom. The third-order valence-corrected chi connectivity index (χ3v) is 6.02. The van der Waals surface area contributed by atoms with Crippen molar-refractivity contribution in [2.24, 2.45) is 0 Å². The summed E-state index contributed by atoms with van der Waals surface area (Å²) in [6.45, 7) is 8.28. The smallest absolute Gasteiger partial charge is 0.254 e. The number of nitrogens with zero attached hydrogens (tertiary/aromatic N) is 4. The van der Waals surface area contributed by atoms with Crippen LogP contribution in [0.1, 0.15) is 40.3 Å². The van der Waals surface area contributed by atoms with Crippen molar-refractivity contribution in [1.82, 2.24) is 19.9 Å². The first-order valence-corrected chi connectivity index (χ1v) is 10.7. The van der Waals surface area contributed by atoms with Gasteiger partial charge in [-0.3, -0.25) is 9.69 Å². The van der Waals surface area contributed by atoms with E-state index in [0.717, 1.165) is 11.1 Å². The molecule has 4 rings (SSSR count). The number of amides is 1. The second-order valence-corrected chi connectivity index (χ2v) is 8.11. The van der Waals surface area contributed by atoms with Crippen LogP contribution in [0.5, 0.6) is 5.75 Å². The van der Waals surface area contributed by atoms with Gasteiger partial charge in [-0.2, -0.15) is 4.98 Å². The fraction of sp³-hybridized carbons (Fsp3) is 0.375. The Balaban J connectivity index is 1.39. The first-order valence-electron chi connectivity index (χ1n) is 10.7. The minimum Gasteiger partial charge on any atom is -0.496 e. The predicted octanol–water partition coefficient (Wildman–Crippen LogP) is 4.02. The van der Waals surface area contributed by atoms with E-state index in [2.05, 4.69) is 15.0 Å². The van der Waals surface area contributed by atoms with Crippen molar-refractivity contribution in [3.05, 3.63) is 64.8 Å². The molecule has 168 valence electrons. The highest BCUT2D eigenvalue weighted by atomic mass is 19.1. The maximum atomic E-state index is 13.5. The van der Waals surface area contributed by atoms with Gasteiger partial charge >= 0.3 is 0 Å². The van der Waals surface area contributed by atoms with Crippen molar-refractivity contribution >= 4 is 5.91 Å². The van der Waals surface area contributed by atoms with Gasteiger partial charge in [0.05, 0.1) is 13.2 Å². The zero-order valence-electron chi connectivity index (χ0n) is 18.8. The van der Waals surface area contributed by atoms with Crippen molar-refractivity contribution in [2.75, 3.05) is 33.3 Å². The lowest BCUT2D eigenvalue weighted by Crippen LogP contribution is -2.49. The molecule has 2 aromatic carbocycles. The largest absolute Gasteiger partial charge is 0.496 e. The van der Waals surface area contributed by atoms with Gasteiger partial charge in [-0.1, -0.05) is 11.2 Å². The van der Waals surface area contributed by atoms with E-state index >= 15 is 0 Å². The number of ether oxygens (including phenoxy) is 1. The number of hydrogen-bond acceptors (Lipinski definition) is 6. The number of carbonyl (C=O) groups is 1. The van der Waals surface area contributed by atoms with Crippen molar-refractivity contribution < 1.29 is 18.4 Å². The molecule has 0 N–H and O–H groups in total. The molecular weight excluding hydrogens is 411 g/mol. The lowest BCUT2D eigenvalue weighted by atomic mass is 10.1. The van der Waals surface area contributed by atoms with Crippen LogP contribution < -0.4 is 4.74 Å². The Kier molecular flexibility index (Phi) is 6.23. The molecule has 1 amide bonds. The Labute approximate surface area is 186 Å². The van der Waals surface area contributed by atoms with Crippen LogP contribution >= 0.6 is 0 Å². The molecule has 2 heterocycles. The maximum absolute atomic E-state index is 13.5. The molecular formula is C24H27FN4O3. The number of carbonyl (C=O) groups excluding carboxylic acids is 1. The van der Waals surface area contributed by atoms with Gasteiger partial charge in [0.25, 0.3) is 5.91 Å². The van der Waals surface area contributed by atoms with Gasteiger partial charge < -0.3 is 14.2 Å². The second-order valence-electron chi connectivity index (χ2n) is 8.11. The molecule has 1 atom stereocenters. The third kappa shape index (κ3) is 4.36. The number of aryl methyl sites for hydroxylation is 2. The molecule has 3 aromatic rings. The minimum absolute atomic E-state index is 0.00218. The number of methoxy groups -OCH3 is 1. The Hall–Kier alpha value is -3.26. The lowest BCUT2D eigenvalue weighted by Gasteiger charge is -2.36. The van der Waals surface area contributed by atoms with E-state index in [-0.39, 0.29) is 17.8 Å². The van der Waals surface area contributed by atoms with E-state index < -0.39 is 0 Å². The normalized spacial score (nSPS) is 15.6. The maximum Gasteiger partial charge on any atom is 0.254 e. The van der Waals surface area contributed by atoms with Crippen LogP contribution in [0, 0.1) is 19.7 Å². The van der Waals surface area contributed by atoms with E-state index in [0.29, 0.717) is 54.8 Å². The zero-order chi connectivity index (χ0) is 22.8. The molecule has 7 nitrogen and oxygen atoms in total. The summed E-state index contributed by atoms with van der Waals surface area (Å²) in [6.07, 6.45) is 0. The molecule has 0 saturated carbocycles. The summed E-state index contributed by atoms with van der Waals surface area (Å²) in [7, 11) is 1.61. The summed E-state index contributed by atoms with van der Waals surface area (Å²) >= 11 is 0. The van der Waals surface area contributed by atoms with Gasteiger partial charge in [-0.15, -0.1) is 0 Å². The molecule has 1 unspecified atom stereocenters. The van der Waals surface area contributed by atoms with Crippen LogP contribution in [-0.2, 0) is 0 Å². The van der Waals surface area contributed by atoms with Crippen LogP contribution in [0.3, 0.4) is 0 Å². The zero-order valence-corrected chi connectivity index (χ0v) is 18.8. The highest BCUT2D eigenvalue weighted by Gasteiger charge is 2.28. The van der Waals surface area contributed by atoms with Crippen LogP contribution in [-0.4, -0.2) is 59.1 Å². The van der Waals surface area contributed by atoms with Gasteiger partial charge in [0, 0.05) is 37.3 Å². The number of piperazine rings is 1. The molecule has 1 fully saturated rings. The number of hydrogen-bond donors (Lipinski definition) is 0. The van der Waals surface area contributed by atoms with Crippen molar-refractivity contribution in [3.63, 3.8) is 0 Å². The van der Waals surface area contributed by atoms with Crippen molar-refractivity contribution in [1.29, 1.82) is 0 Å². The first-order chi connectivity index (χ1) is 15.4. The van der Waals surface area contributed by atoms with Gasteiger partial charge in [-0.25, -0.2) is 4.39 Å². The monoisotopic (exact) mass is 438 g/mol. The van der Waals surface area contributed by atoms with Gasteiger partial charge in [0.2, 0.25) is 11.7 Å². The molecule has 32 heavy (non-hydrogen) atoms. The average Bonchev–Trinajstić information content (AvgIpc) is 3.30. The second kappa shape index (κ2) is 9.08. The molecule has 1 saturated heterocycles. The minimum atomic E-state index is -0.262. The lowest BCUT2D eigenvalue weighted by molar-refractivity contribution is 0.0551. The van der Waals surface area contributed by atoms with Gasteiger partial charge in [0.15, 0.2) is 0 Å². The molecule has 1 aliphatic heterocycles. The van der Waals surface area contributed by atoms with Crippen LogP contribution in [0.2, 0.25) is 0 Å². The summed E-state index contributed by atoms with van der Waals surface area (Å²) in [6, 6.07) is 10.2. The van der Waals surface area contributed by atoms with Crippen molar-refractivity contribution in [2.45, 2.75) is 26.8 Å². The van der Waals surface area contributed by atoms with E-state index in [4.69, 9.17) is 9.26 Å². The standard InChI is InChI=1S/C24H27FN4O3/c1-15-5-6-19(14-21(15)31-4)24(30)29-11-9-28(10-12-29)17(3)23-26-22(27-32-23)18-7-8-20(25)16(2)13-18/h5-8,13-14,17H,9-12H2,1-4H3. The number of rotatable bonds is 5. The summed E-state index contributed by atoms with van der Waals surface area (Å²) in [4.78, 5) is 21.5. The van der Waals surface area contributed by atoms with E-state index in [9.17, 15) is 9.18 Å². The first kappa shape index (κ1) is 22.0. The summed E-state index contributed by atoms with van der Waals surface area (Å²) in [5.41, 5.74) is 2.88. The van der Waals surface area contributed by atoms with E-state index in [1.165, 1.54) is 6.07 Å². The third-order valence-electron chi connectivity index (χ3n) is 6.02. The predicted molar refractivity (Wildman–Crippen MR) is 118 cm³/mol. The quantitative estimate of drug-likeness (QED) is 0.599. The molecule has 0 spiro atoms. The fourth-order valence-corrected chi connectivity index (χ4v) is 3.91. The summed E-state index contributed by atoms with van der Waals surface area (Å²) in [5.74, 6) is 1.40. The summed E-state index contributed by atoms with van der Waals surface area (Å²) < 4.78 is 24.4. The SMILES string of the molecule is COc1cc(C(=O)N2CCN(C(C)c3nc(-c4ccc(F)c(C)c4)no3)CC2)ccc1C. The van der Waals surface area contributed by atoms with Crippen molar-refractivity contribution in [3.8, 4) is 17.1 Å². The molecule has 8 heteroatoms. The van der Waals surface area contributed by atoms with E-state index in [1.807, 2.05) is 30.9 Å². The Morgan fingerprint density at radius 3 is 2.53 bits per heavy atom.